The number of aryl methyl sites for hydroxylation is 3. The minimum Gasteiger partial charge on any atom is -0.478 e. The summed E-state index contributed by atoms with van der Waals surface area (Å²) < 4.78 is 1.55. The molecule has 0 spiro atoms. The second-order valence-corrected chi connectivity index (χ2v) is 4.38. The van der Waals surface area contributed by atoms with Gasteiger partial charge in [0.25, 0.3) is 5.91 Å². The second kappa shape index (κ2) is 5.12. The number of carboxylic acids is 1. The highest BCUT2D eigenvalue weighted by Crippen LogP contribution is 2.11. The average molecular weight is 274 g/mol. The Balaban J connectivity index is 2.24. The first-order valence-corrected chi connectivity index (χ1v) is 5.91. The Labute approximate surface area is 115 Å². The molecule has 2 rings (SSSR count). The molecule has 0 saturated heterocycles. The van der Waals surface area contributed by atoms with E-state index < -0.39 is 11.9 Å². The van der Waals surface area contributed by atoms with E-state index in [0.29, 0.717) is 11.5 Å². The van der Waals surface area contributed by atoms with Gasteiger partial charge in [0.2, 0.25) is 0 Å². The van der Waals surface area contributed by atoms with Gasteiger partial charge in [0, 0.05) is 13.1 Å². The zero-order chi connectivity index (χ0) is 14.9. The molecule has 0 fully saturated rings. The van der Waals surface area contributed by atoms with E-state index in [9.17, 15) is 9.59 Å². The quantitative estimate of drug-likeness (QED) is 0.881. The molecule has 104 valence electrons. The normalized spacial score (nSPS) is 10.3. The molecule has 0 aliphatic carbocycles. The van der Waals surface area contributed by atoms with Crippen molar-refractivity contribution in [3.63, 3.8) is 0 Å². The number of hydrogen-bond acceptors (Lipinski definition) is 4. The summed E-state index contributed by atoms with van der Waals surface area (Å²) >= 11 is 0. The molecule has 0 aliphatic rings. The Morgan fingerprint density at radius 2 is 2.00 bits per heavy atom. The molecular weight excluding hydrogens is 260 g/mol. The second-order valence-electron chi connectivity index (χ2n) is 4.38. The van der Waals surface area contributed by atoms with Crippen LogP contribution < -0.4 is 5.32 Å². The Morgan fingerprint density at radius 3 is 2.50 bits per heavy atom. The molecule has 7 heteroatoms. The van der Waals surface area contributed by atoms with Crippen LogP contribution in [0.25, 0.3) is 0 Å². The summed E-state index contributed by atoms with van der Waals surface area (Å²) in [6, 6.07) is 4.49. The van der Waals surface area contributed by atoms with Crippen LogP contribution in [0.15, 0.2) is 18.2 Å². The van der Waals surface area contributed by atoms with Crippen molar-refractivity contribution in [1.82, 2.24) is 14.8 Å². The number of carbonyl (C=O) groups excluding carboxylic acids is 1. The van der Waals surface area contributed by atoms with E-state index in [1.165, 1.54) is 12.1 Å². The molecule has 2 N–H and O–H groups in total. The van der Waals surface area contributed by atoms with Gasteiger partial charge in [-0.05, 0) is 26.0 Å². The summed E-state index contributed by atoms with van der Waals surface area (Å²) in [5, 5.41) is 15.7. The van der Waals surface area contributed by atoms with Crippen molar-refractivity contribution in [2.45, 2.75) is 13.8 Å². The molecule has 0 radical (unpaired) electrons. The molecule has 0 unspecified atom stereocenters. The monoisotopic (exact) mass is 274 g/mol. The van der Waals surface area contributed by atoms with Crippen molar-refractivity contribution < 1.29 is 14.7 Å². The number of pyridine rings is 1. The van der Waals surface area contributed by atoms with Crippen LogP contribution in [0.1, 0.15) is 32.2 Å². The molecular formula is C13H14N4O3. The fourth-order valence-electron chi connectivity index (χ4n) is 1.82. The molecule has 0 bridgehead atoms. The predicted molar refractivity (Wildman–Crippen MR) is 71.8 cm³/mol. The van der Waals surface area contributed by atoms with E-state index in [4.69, 9.17) is 5.11 Å². The first-order valence-electron chi connectivity index (χ1n) is 5.91. The van der Waals surface area contributed by atoms with Crippen molar-refractivity contribution in [3.8, 4) is 0 Å². The maximum absolute atomic E-state index is 12.0. The fraction of sp³-hybridized carbons (Fsp3) is 0.231. The predicted octanol–water partition coefficient (Wildman–Crippen LogP) is 1.38. The number of nitrogens with zero attached hydrogens (tertiary/aromatic N) is 3. The van der Waals surface area contributed by atoms with Gasteiger partial charge in [-0.1, -0.05) is 0 Å². The van der Waals surface area contributed by atoms with Gasteiger partial charge in [0.05, 0.1) is 17.0 Å². The third-order valence-corrected chi connectivity index (χ3v) is 2.79. The molecule has 20 heavy (non-hydrogen) atoms. The minimum atomic E-state index is -1.07. The number of carboxylic acid groups (broad SMARTS) is 1. The van der Waals surface area contributed by atoms with Crippen LogP contribution in [0.5, 0.6) is 0 Å². The summed E-state index contributed by atoms with van der Waals surface area (Å²) in [7, 11) is 1.72. The van der Waals surface area contributed by atoms with E-state index in [-0.39, 0.29) is 11.3 Å². The van der Waals surface area contributed by atoms with Crippen LogP contribution in [-0.4, -0.2) is 31.7 Å². The number of anilines is 1. The molecule has 2 aromatic rings. The van der Waals surface area contributed by atoms with Gasteiger partial charge < -0.3 is 10.4 Å². The van der Waals surface area contributed by atoms with E-state index in [1.54, 1.807) is 24.7 Å². The molecule has 0 saturated carbocycles. The zero-order valence-electron chi connectivity index (χ0n) is 11.3. The lowest BCUT2D eigenvalue weighted by Crippen LogP contribution is -2.17. The first kappa shape index (κ1) is 13.7. The lowest BCUT2D eigenvalue weighted by atomic mass is 10.2. The lowest BCUT2D eigenvalue weighted by Gasteiger charge is -2.06. The van der Waals surface area contributed by atoms with Gasteiger partial charge >= 0.3 is 5.97 Å². The lowest BCUT2D eigenvalue weighted by molar-refractivity contribution is 0.0695. The number of rotatable bonds is 3. The molecule has 1 amide bonds. The van der Waals surface area contributed by atoms with E-state index in [2.05, 4.69) is 15.4 Å². The topological polar surface area (TPSA) is 97.1 Å². The minimum absolute atomic E-state index is 0.0814. The first-order chi connectivity index (χ1) is 9.38. The number of carbonyl (C=O) groups is 2. The van der Waals surface area contributed by atoms with Crippen LogP contribution in [0.4, 0.5) is 5.82 Å². The Bertz CT molecular complexity index is 691. The molecule has 2 heterocycles. The Kier molecular flexibility index (Phi) is 3.51. The molecule has 0 atom stereocenters. The van der Waals surface area contributed by atoms with Crippen LogP contribution in [0.2, 0.25) is 0 Å². The number of hydrogen-bond donors (Lipinski definition) is 2. The van der Waals surface area contributed by atoms with Gasteiger partial charge in [0.15, 0.2) is 0 Å². The van der Waals surface area contributed by atoms with Crippen LogP contribution in [0.3, 0.4) is 0 Å². The van der Waals surface area contributed by atoms with Crippen molar-refractivity contribution in [3.05, 3.63) is 40.8 Å². The summed E-state index contributed by atoms with van der Waals surface area (Å²) in [6.07, 6.45) is 0. The maximum Gasteiger partial charge on any atom is 0.337 e. The number of amides is 1. The highest BCUT2D eigenvalue weighted by Gasteiger charge is 2.14. The van der Waals surface area contributed by atoms with Crippen molar-refractivity contribution >= 4 is 17.7 Å². The summed E-state index contributed by atoms with van der Waals surface area (Å²) in [5.74, 6) is -0.925. The Morgan fingerprint density at radius 1 is 1.30 bits per heavy atom. The van der Waals surface area contributed by atoms with Gasteiger partial charge in [0.1, 0.15) is 11.5 Å². The Hall–Kier alpha value is -2.70. The largest absolute Gasteiger partial charge is 0.478 e. The maximum atomic E-state index is 12.0. The van der Waals surface area contributed by atoms with Crippen LogP contribution >= 0.6 is 0 Å². The van der Waals surface area contributed by atoms with Crippen molar-refractivity contribution in [2.24, 2.45) is 7.05 Å². The van der Waals surface area contributed by atoms with Crippen molar-refractivity contribution in [2.75, 3.05) is 5.32 Å². The molecule has 0 aromatic carbocycles. The molecule has 7 nitrogen and oxygen atoms in total. The van der Waals surface area contributed by atoms with Gasteiger partial charge in [-0.25, -0.2) is 9.78 Å². The summed E-state index contributed by atoms with van der Waals surface area (Å²) in [4.78, 5) is 26.9. The summed E-state index contributed by atoms with van der Waals surface area (Å²) in [5.41, 5.74) is 1.32. The third-order valence-electron chi connectivity index (χ3n) is 2.79. The number of aromatic nitrogens is 3. The van der Waals surface area contributed by atoms with E-state index >= 15 is 0 Å². The van der Waals surface area contributed by atoms with Gasteiger partial charge in [-0.15, -0.1) is 0 Å². The molecule has 0 aliphatic heterocycles. The van der Waals surface area contributed by atoms with E-state index in [1.807, 2.05) is 6.92 Å². The summed E-state index contributed by atoms with van der Waals surface area (Å²) in [6.45, 7) is 3.37. The third kappa shape index (κ3) is 2.66. The standard InChI is InChI=1S/C13H14N4O3/c1-7-6-11(17(3)16-7)15-12(18)10-5-4-9(13(19)20)8(2)14-10/h4-6H,1-3H3,(H,15,18)(H,19,20). The number of nitrogens with one attached hydrogen (secondary N) is 1. The highest BCUT2D eigenvalue weighted by molar-refractivity contribution is 6.03. The smallest absolute Gasteiger partial charge is 0.337 e. The van der Waals surface area contributed by atoms with Crippen molar-refractivity contribution in [1.29, 1.82) is 0 Å². The molecule has 2 aromatic heterocycles. The SMILES string of the molecule is Cc1cc(NC(=O)c2ccc(C(=O)O)c(C)n2)n(C)n1. The van der Waals surface area contributed by atoms with Crippen LogP contribution in [-0.2, 0) is 7.05 Å². The van der Waals surface area contributed by atoms with Crippen LogP contribution in [0, 0.1) is 13.8 Å². The zero-order valence-corrected chi connectivity index (χ0v) is 11.3. The van der Waals surface area contributed by atoms with Gasteiger partial charge in [-0.2, -0.15) is 5.10 Å². The van der Waals surface area contributed by atoms with Gasteiger partial charge in [-0.3, -0.25) is 9.48 Å². The number of aromatic carboxylic acids is 1. The average Bonchev–Trinajstić information content (AvgIpc) is 2.67. The van der Waals surface area contributed by atoms with E-state index in [0.717, 1.165) is 5.69 Å². The highest BCUT2D eigenvalue weighted by atomic mass is 16.4. The fourth-order valence-corrected chi connectivity index (χ4v) is 1.82.